The van der Waals surface area contributed by atoms with Gasteiger partial charge in [0.15, 0.2) is 0 Å². The maximum Gasteiger partial charge on any atom is 0.328 e. The number of H-pyrrole nitrogens is 1. The van der Waals surface area contributed by atoms with Gasteiger partial charge in [0.05, 0.1) is 7.11 Å². The Morgan fingerprint density at radius 3 is 2.74 bits per heavy atom. The molecule has 0 spiro atoms. The van der Waals surface area contributed by atoms with Gasteiger partial charge in [-0.3, -0.25) is 4.79 Å². The number of benzene rings is 1. The fraction of sp³-hybridized carbons (Fsp3) is 0.455. The number of hydrogen-bond acceptors (Lipinski definition) is 3. The Balaban J connectivity index is 1.59. The molecule has 5 nitrogen and oxygen atoms in total. The Morgan fingerprint density at radius 1 is 1.26 bits per heavy atom. The number of ether oxygens (including phenoxy) is 1. The number of carbonyl (C=O) groups excluding carboxylic acids is 2. The molecule has 1 saturated carbocycles. The molecule has 2 aliphatic rings. The third kappa shape index (κ3) is 3.38. The highest BCUT2D eigenvalue weighted by Crippen LogP contribution is 2.44. The van der Waals surface area contributed by atoms with Gasteiger partial charge in [-0.1, -0.05) is 30.4 Å². The number of hydrogen-bond donors (Lipinski definition) is 1. The number of aromatic amines is 1. The molecule has 4 unspecified atom stereocenters. The summed E-state index contributed by atoms with van der Waals surface area (Å²) in [6.07, 6.45) is 9.24. The molecule has 2 aromatic rings. The molecule has 4 rings (SSSR count). The summed E-state index contributed by atoms with van der Waals surface area (Å²) in [5.41, 5.74) is 2.06. The van der Waals surface area contributed by atoms with Gasteiger partial charge in [-0.15, -0.1) is 0 Å². The van der Waals surface area contributed by atoms with E-state index in [9.17, 15) is 9.59 Å². The lowest BCUT2D eigenvalue weighted by molar-refractivity contribution is -0.152. The molecule has 27 heavy (non-hydrogen) atoms. The van der Waals surface area contributed by atoms with E-state index >= 15 is 0 Å². The number of methoxy groups -OCH3 is 1. The molecule has 1 fully saturated rings. The van der Waals surface area contributed by atoms with Gasteiger partial charge in [-0.2, -0.15) is 0 Å². The molecule has 4 atom stereocenters. The standard InChI is InChI=1S/C22H26N2O3/c1-14(25)24(13-18-10-15-7-8-16(18)9-15)21(22(26)27-2)11-17-12-23-20-6-4-3-5-19(17)20/h3-8,12,15-16,18,21,23H,9-11,13H2,1-2H3. The number of para-hydroxylation sites is 1. The third-order valence-electron chi connectivity index (χ3n) is 6.19. The second kappa shape index (κ2) is 7.22. The van der Waals surface area contributed by atoms with Crippen LogP contribution in [-0.2, 0) is 20.7 Å². The predicted octanol–water partition coefficient (Wildman–Crippen LogP) is 3.31. The molecule has 1 aromatic heterocycles. The average Bonchev–Trinajstić information content (AvgIpc) is 3.39. The number of nitrogens with one attached hydrogen (secondary N) is 1. The zero-order valence-corrected chi connectivity index (χ0v) is 15.9. The van der Waals surface area contributed by atoms with E-state index < -0.39 is 6.04 Å². The van der Waals surface area contributed by atoms with Crippen molar-refractivity contribution in [3.63, 3.8) is 0 Å². The second-order valence-electron chi connectivity index (χ2n) is 7.81. The monoisotopic (exact) mass is 366 g/mol. The van der Waals surface area contributed by atoms with Crippen LogP contribution >= 0.6 is 0 Å². The Hall–Kier alpha value is -2.56. The SMILES string of the molecule is COC(=O)C(Cc1c[nH]c2ccccc12)N(CC1CC2C=CC1C2)C(C)=O. The van der Waals surface area contributed by atoms with Crippen molar-refractivity contribution >= 4 is 22.8 Å². The van der Waals surface area contributed by atoms with Crippen LogP contribution in [0.1, 0.15) is 25.3 Å². The van der Waals surface area contributed by atoms with Crippen molar-refractivity contribution in [2.24, 2.45) is 17.8 Å². The third-order valence-corrected chi connectivity index (χ3v) is 6.19. The van der Waals surface area contributed by atoms with Crippen LogP contribution in [-0.4, -0.2) is 41.5 Å². The smallest absolute Gasteiger partial charge is 0.328 e. The van der Waals surface area contributed by atoms with Crippen molar-refractivity contribution in [3.05, 3.63) is 48.2 Å². The molecule has 1 heterocycles. The van der Waals surface area contributed by atoms with Crippen molar-refractivity contribution in [2.75, 3.05) is 13.7 Å². The van der Waals surface area contributed by atoms with Gasteiger partial charge in [-0.05, 0) is 42.2 Å². The Kier molecular flexibility index (Phi) is 4.77. The van der Waals surface area contributed by atoms with E-state index in [1.807, 2.05) is 30.5 Å². The largest absolute Gasteiger partial charge is 0.467 e. The van der Waals surface area contributed by atoms with E-state index in [4.69, 9.17) is 4.74 Å². The molecule has 1 amide bonds. The molecule has 2 aliphatic carbocycles. The van der Waals surface area contributed by atoms with Gasteiger partial charge in [0.1, 0.15) is 6.04 Å². The molecule has 142 valence electrons. The van der Waals surface area contributed by atoms with E-state index in [1.54, 1.807) is 11.8 Å². The van der Waals surface area contributed by atoms with Crippen LogP contribution in [0.5, 0.6) is 0 Å². The predicted molar refractivity (Wildman–Crippen MR) is 104 cm³/mol. The summed E-state index contributed by atoms with van der Waals surface area (Å²) in [6.45, 7) is 2.16. The van der Waals surface area contributed by atoms with E-state index in [0.717, 1.165) is 22.9 Å². The van der Waals surface area contributed by atoms with Gasteiger partial charge in [0.2, 0.25) is 5.91 Å². The fourth-order valence-electron chi connectivity index (χ4n) is 4.80. The van der Waals surface area contributed by atoms with E-state index in [2.05, 4.69) is 17.1 Å². The minimum absolute atomic E-state index is 0.0722. The maximum atomic E-state index is 12.6. The number of nitrogens with zero attached hydrogens (tertiary/aromatic N) is 1. The lowest BCUT2D eigenvalue weighted by atomic mass is 9.92. The molecule has 2 bridgehead atoms. The zero-order valence-electron chi connectivity index (χ0n) is 15.9. The maximum absolute atomic E-state index is 12.6. The molecular formula is C22H26N2O3. The Morgan fingerprint density at radius 2 is 2.07 bits per heavy atom. The highest BCUT2D eigenvalue weighted by atomic mass is 16.5. The molecule has 5 heteroatoms. The number of allylic oxidation sites excluding steroid dienone is 2. The van der Waals surface area contributed by atoms with Crippen molar-refractivity contribution in [3.8, 4) is 0 Å². The molecule has 1 aromatic carbocycles. The van der Waals surface area contributed by atoms with Gasteiger partial charge >= 0.3 is 5.97 Å². The summed E-state index contributed by atoms with van der Waals surface area (Å²) in [5, 5.41) is 1.08. The zero-order chi connectivity index (χ0) is 19.0. The summed E-state index contributed by atoms with van der Waals surface area (Å²) in [6, 6.07) is 7.40. The topological polar surface area (TPSA) is 62.4 Å². The van der Waals surface area contributed by atoms with Crippen LogP contribution in [0, 0.1) is 17.8 Å². The van der Waals surface area contributed by atoms with Crippen molar-refractivity contribution in [1.82, 2.24) is 9.88 Å². The normalized spacial score (nSPS) is 24.3. The highest BCUT2D eigenvalue weighted by molar-refractivity contribution is 5.86. The molecular weight excluding hydrogens is 340 g/mol. The number of rotatable bonds is 6. The Bertz CT molecular complexity index is 885. The second-order valence-corrected chi connectivity index (χ2v) is 7.81. The first-order chi connectivity index (χ1) is 13.1. The Labute approximate surface area is 159 Å². The number of amides is 1. The van der Waals surface area contributed by atoms with Gasteiger partial charge in [-0.25, -0.2) is 4.79 Å². The fourth-order valence-corrected chi connectivity index (χ4v) is 4.80. The number of fused-ring (bicyclic) bond motifs is 3. The van der Waals surface area contributed by atoms with Crippen LogP contribution in [0.3, 0.4) is 0 Å². The first-order valence-corrected chi connectivity index (χ1v) is 9.65. The van der Waals surface area contributed by atoms with Gasteiger partial charge < -0.3 is 14.6 Å². The van der Waals surface area contributed by atoms with Crippen LogP contribution in [0.15, 0.2) is 42.6 Å². The summed E-state index contributed by atoms with van der Waals surface area (Å²) in [7, 11) is 1.39. The van der Waals surface area contributed by atoms with E-state index in [0.29, 0.717) is 30.7 Å². The minimum Gasteiger partial charge on any atom is -0.467 e. The summed E-state index contributed by atoms with van der Waals surface area (Å²) in [4.78, 5) is 30.1. The van der Waals surface area contributed by atoms with E-state index in [-0.39, 0.29) is 11.9 Å². The lowest BCUT2D eigenvalue weighted by Gasteiger charge is -2.33. The molecule has 0 saturated heterocycles. The highest BCUT2D eigenvalue weighted by Gasteiger charge is 2.39. The first kappa shape index (κ1) is 17.8. The minimum atomic E-state index is -0.602. The summed E-state index contributed by atoms with van der Waals surface area (Å²) >= 11 is 0. The van der Waals surface area contributed by atoms with Gasteiger partial charge in [0, 0.05) is 37.0 Å². The van der Waals surface area contributed by atoms with Crippen molar-refractivity contribution in [2.45, 2.75) is 32.2 Å². The van der Waals surface area contributed by atoms with Crippen molar-refractivity contribution in [1.29, 1.82) is 0 Å². The van der Waals surface area contributed by atoms with Crippen LogP contribution in [0.2, 0.25) is 0 Å². The lowest BCUT2D eigenvalue weighted by Crippen LogP contribution is -2.48. The summed E-state index contributed by atoms with van der Waals surface area (Å²) < 4.78 is 5.07. The van der Waals surface area contributed by atoms with Gasteiger partial charge in [0.25, 0.3) is 0 Å². The molecule has 1 N–H and O–H groups in total. The van der Waals surface area contributed by atoms with Crippen LogP contribution < -0.4 is 0 Å². The van der Waals surface area contributed by atoms with E-state index in [1.165, 1.54) is 13.5 Å². The number of carbonyl (C=O) groups is 2. The molecule has 0 aliphatic heterocycles. The quantitative estimate of drug-likeness (QED) is 0.630. The van der Waals surface area contributed by atoms with Crippen LogP contribution in [0.25, 0.3) is 10.9 Å². The van der Waals surface area contributed by atoms with Crippen LogP contribution in [0.4, 0.5) is 0 Å². The number of aromatic nitrogens is 1. The average molecular weight is 366 g/mol. The molecule has 0 radical (unpaired) electrons. The number of esters is 1. The van der Waals surface area contributed by atoms with Crippen molar-refractivity contribution < 1.29 is 14.3 Å². The first-order valence-electron chi connectivity index (χ1n) is 9.65. The summed E-state index contributed by atoms with van der Waals surface area (Å²) in [5.74, 6) is 1.17.